The molecule has 1 aromatic heterocycles. The molecule has 2 atom stereocenters. The molecule has 0 amide bonds. The molecule has 0 spiro atoms. The maximum Gasteiger partial charge on any atom is 0.0900 e. The molecule has 0 bridgehead atoms. The average molecular weight is 210 g/mol. The molecular formula is C11H18N2S. The molecule has 0 aliphatic heterocycles. The van der Waals surface area contributed by atoms with Crippen LogP contribution in [0.2, 0.25) is 0 Å². The molecular weight excluding hydrogens is 192 g/mol. The van der Waals surface area contributed by atoms with Crippen molar-refractivity contribution in [3.05, 3.63) is 15.6 Å². The van der Waals surface area contributed by atoms with Gasteiger partial charge in [-0.15, -0.1) is 11.3 Å². The van der Waals surface area contributed by atoms with E-state index in [0.717, 1.165) is 5.92 Å². The molecule has 78 valence electrons. The van der Waals surface area contributed by atoms with Crippen molar-refractivity contribution in [2.75, 3.05) is 7.05 Å². The predicted molar refractivity (Wildman–Crippen MR) is 60.9 cm³/mol. The monoisotopic (exact) mass is 210 g/mol. The maximum atomic E-state index is 4.61. The van der Waals surface area contributed by atoms with Crippen LogP contribution in [0.3, 0.4) is 0 Å². The minimum atomic E-state index is 0.616. The first-order valence-electron chi connectivity index (χ1n) is 5.33. The van der Waals surface area contributed by atoms with Crippen LogP contribution >= 0.6 is 11.3 Å². The Morgan fingerprint density at radius 1 is 1.57 bits per heavy atom. The molecule has 3 heteroatoms. The third kappa shape index (κ3) is 1.84. The van der Waals surface area contributed by atoms with E-state index in [2.05, 4.69) is 24.1 Å². The molecule has 1 aliphatic rings. The van der Waals surface area contributed by atoms with Crippen LogP contribution in [0.4, 0.5) is 0 Å². The van der Waals surface area contributed by atoms with E-state index in [4.69, 9.17) is 0 Å². The van der Waals surface area contributed by atoms with Gasteiger partial charge in [0.2, 0.25) is 0 Å². The second kappa shape index (κ2) is 3.99. The predicted octanol–water partition coefficient (Wildman–Crippen LogP) is 2.16. The summed E-state index contributed by atoms with van der Waals surface area (Å²) in [6.07, 6.45) is 3.72. The van der Waals surface area contributed by atoms with Crippen LogP contribution in [0.15, 0.2) is 0 Å². The Hall–Kier alpha value is -0.410. The Bertz CT molecular complexity index is 319. The number of rotatable bonds is 2. The van der Waals surface area contributed by atoms with E-state index in [1.54, 1.807) is 0 Å². The number of aromatic nitrogens is 1. The molecule has 1 heterocycles. The molecule has 2 nitrogen and oxygen atoms in total. The molecule has 1 N–H and O–H groups in total. The van der Waals surface area contributed by atoms with Gasteiger partial charge in [0, 0.05) is 10.9 Å². The van der Waals surface area contributed by atoms with Crippen LogP contribution in [-0.2, 0) is 12.8 Å². The average Bonchev–Trinajstić information content (AvgIpc) is 2.55. The summed E-state index contributed by atoms with van der Waals surface area (Å²) in [5.74, 6) is 0.772. The van der Waals surface area contributed by atoms with Gasteiger partial charge in [-0.1, -0.05) is 0 Å². The number of hydrogen-bond donors (Lipinski definition) is 1. The van der Waals surface area contributed by atoms with Gasteiger partial charge in [-0.3, -0.25) is 0 Å². The molecule has 0 radical (unpaired) electrons. The topological polar surface area (TPSA) is 24.9 Å². The first-order chi connectivity index (χ1) is 6.70. The van der Waals surface area contributed by atoms with E-state index in [1.807, 2.05) is 18.4 Å². The van der Waals surface area contributed by atoms with E-state index in [0.29, 0.717) is 6.04 Å². The van der Waals surface area contributed by atoms with Crippen molar-refractivity contribution in [2.24, 2.45) is 5.92 Å². The van der Waals surface area contributed by atoms with Crippen molar-refractivity contribution < 1.29 is 0 Å². The summed E-state index contributed by atoms with van der Waals surface area (Å²) in [4.78, 5) is 6.14. The summed E-state index contributed by atoms with van der Waals surface area (Å²) in [5, 5.41) is 4.58. The summed E-state index contributed by atoms with van der Waals surface area (Å²) < 4.78 is 0. The number of fused-ring (bicyclic) bond motifs is 1. The minimum absolute atomic E-state index is 0.616. The Kier molecular flexibility index (Phi) is 2.88. The number of nitrogens with zero attached hydrogens (tertiary/aromatic N) is 1. The molecule has 0 fully saturated rings. The Labute approximate surface area is 89.8 Å². The summed E-state index contributed by atoms with van der Waals surface area (Å²) in [6, 6.07) is 0.616. The van der Waals surface area contributed by atoms with E-state index in [9.17, 15) is 0 Å². The van der Waals surface area contributed by atoms with Gasteiger partial charge in [0.15, 0.2) is 0 Å². The summed E-state index contributed by atoms with van der Waals surface area (Å²) in [7, 11) is 2.05. The highest BCUT2D eigenvalue weighted by atomic mass is 32.1. The van der Waals surface area contributed by atoms with Crippen molar-refractivity contribution in [3.8, 4) is 0 Å². The van der Waals surface area contributed by atoms with E-state index in [-0.39, 0.29) is 0 Å². The maximum absolute atomic E-state index is 4.61. The zero-order valence-electron chi connectivity index (χ0n) is 9.13. The van der Waals surface area contributed by atoms with Crippen LogP contribution in [0.25, 0.3) is 0 Å². The van der Waals surface area contributed by atoms with Crippen molar-refractivity contribution in [2.45, 2.75) is 39.2 Å². The van der Waals surface area contributed by atoms with Gasteiger partial charge < -0.3 is 5.32 Å². The zero-order chi connectivity index (χ0) is 10.1. The third-order valence-corrected chi connectivity index (χ3v) is 4.32. The normalized spacial score (nSPS) is 23.2. The summed E-state index contributed by atoms with van der Waals surface area (Å²) in [5.41, 5.74) is 1.37. The molecule has 1 aromatic rings. The fraction of sp³-hybridized carbons (Fsp3) is 0.727. The van der Waals surface area contributed by atoms with Crippen LogP contribution in [0.1, 0.15) is 28.9 Å². The first kappa shape index (κ1) is 10.1. The lowest BCUT2D eigenvalue weighted by molar-refractivity contribution is 0.353. The molecule has 1 aliphatic carbocycles. The second-order valence-corrected chi connectivity index (χ2v) is 5.47. The van der Waals surface area contributed by atoms with Gasteiger partial charge in [-0.05, 0) is 46.1 Å². The van der Waals surface area contributed by atoms with E-state index in [1.165, 1.54) is 34.8 Å². The molecule has 0 saturated carbocycles. The molecule has 0 aromatic carbocycles. The van der Waals surface area contributed by atoms with Crippen molar-refractivity contribution in [1.82, 2.24) is 10.3 Å². The molecule has 0 saturated heterocycles. The highest BCUT2D eigenvalue weighted by Crippen LogP contribution is 2.30. The first-order valence-corrected chi connectivity index (χ1v) is 6.14. The van der Waals surface area contributed by atoms with Crippen LogP contribution in [-0.4, -0.2) is 18.1 Å². The lowest BCUT2D eigenvalue weighted by Crippen LogP contribution is -2.33. The van der Waals surface area contributed by atoms with E-state index >= 15 is 0 Å². The zero-order valence-corrected chi connectivity index (χ0v) is 9.95. The lowest BCUT2D eigenvalue weighted by atomic mass is 9.86. The van der Waals surface area contributed by atoms with Gasteiger partial charge in [0.1, 0.15) is 0 Å². The van der Waals surface area contributed by atoms with Gasteiger partial charge >= 0.3 is 0 Å². The fourth-order valence-electron chi connectivity index (χ4n) is 2.20. The van der Waals surface area contributed by atoms with Crippen LogP contribution < -0.4 is 5.32 Å². The van der Waals surface area contributed by atoms with Gasteiger partial charge in [0.05, 0.1) is 10.7 Å². The number of hydrogen-bond acceptors (Lipinski definition) is 3. The van der Waals surface area contributed by atoms with Gasteiger partial charge in [0.25, 0.3) is 0 Å². The van der Waals surface area contributed by atoms with Crippen molar-refractivity contribution in [1.29, 1.82) is 0 Å². The molecule has 14 heavy (non-hydrogen) atoms. The number of thiazole rings is 1. The molecule has 2 unspecified atom stereocenters. The smallest absolute Gasteiger partial charge is 0.0900 e. The van der Waals surface area contributed by atoms with E-state index < -0.39 is 0 Å². The quantitative estimate of drug-likeness (QED) is 0.809. The van der Waals surface area contributed by atoms with Crippen LogP contribution in [0, 0.1) is 12.8 Å². The second-order valence-electron chi connectivity index (χ2n) is 4.18. The van der Waals surface area contributed by atoms with Gasteiger partial charge in [-0.25, -0.2) is 4.98 Å². The standard InChI is InChI=1S/C11H18N2S/c1-7(12-3)9-4-5-11-10(6-9)13-8(2)14-11/h7,9,12H,4-6H2,1-3H3. The summed E-state index contributed by atoms with van der Waals surface area (Å²) in [6.45, 7) is 4.38. The third-order valence-electron chi connectivity index (χ3n) is 3.25. The SMILES string of the molecule is CNC(C)C1CCc2sc(C)nc2C1. The fourth-order valence-corrected chi connectivity index (χ4v) is 3.18. The Balaban J connectivity index is 2.12. The number of nitrogens with one attached hydrogen (secondary N) is 1. The Morgan fingerprint density at radius 2 is 2.36 bits per heavy atom. The highest BCUT2D eigenvalue weighted by molar-refractivity contribution is 7.11. The van der Waals surface area contributed by atoms with Gasteiger partial charge in [-0.2, -0.15) is 0 Å². The Morgan fingerprint density at radius 3 is 3.07 bits per heavy atom. The summed E-state index contributed by atoms with van der Waals surface area (Å²) >= 11 is 1.88. The lowest BCUT2D eigenvalue weighted by Gasteiger charge is -2.26. The largest absolute Gasteiger partial charge is 0.317 e. The van der Waals surface area contributed by atoms with Crippen LogP contribution in [0.5, 0.6) is 0 Å². The molecule has 2 rings (SSSR count). The highest BCUT2D eigenvalue weighted by Gasteiger charge is 2.24. The van der Waals surface area contributed by atoms with Crippen molar-refractivity contribution >= 4 is 11.3 Å². The number of aryl methyl sites for hydroxylation is 2. The minimum Gasteiger partial charge on any atom is -0.317 e. The van der Waals surface area contributed by atoms with Crippen molar-refractivity contribution in [3.63, 3.8) is 0 Å².